The maximum atomic E-state index is 6.09. The van der Waals surface area contributed by atoms with Crippen molar-refractivity contribution < 1.29 is 0 Å². The lowest BCUT2D eigenvalue weighted by Gasteiger charge is -2.33. The Balaban J connectivity index is 1.57. The number of amidine groups is 1. The largest absolute Gasteiger partial charge is 0.338 e. The molecule has 6 heteroatoms. The quantitative estimate of drug-likeness (QED) is 0.423. The van der Waals surface area contributed by atoms with Gasteiger partial charge in [-0.25, -0.2) is 0 Å². The number of halogens is 1. The zero-order valence-electron chi connectivity index (χ0n) is 16.6. The number of aliphatic imine (C=N–C) groups is 1. The lowest BCUT2D eigenvalue weighted by atomic mass is 9.95. The molecule has 0 N–H and O–H groups in total. The van der Waals surface area contributed by atoms with Crippen LogP contribution in [0.1, 0.15) is 36.7 Å². The number of rotatable bonds is 5. The zero-order valence-corrected chi connectivity index (χ0v) is 19.0. The van der Waals surface area contributed by atoms with E-state index in [-0.39, 0.29) is 12.1 Å². The Labute approximate surface area is 191 Å². The lowest BCUT2D eigenvalue weighted by molar-refractivity contribution is 0.252. The second-order valence-corrected chi connectivity index (χ2v) is 9.97. The van der Waals surface area contributed by atoms with Crippen molar-refractivity contribution in [2.75, 3.05) is 5.75 Å². The molecule has 3 heterocycles. The molecule has 0 amide bonds. The number of hydrogen-bond donors (Lipinski definition) is 0. The van der Waals surface area contributed by atoms with Gasteiger partial charge in [0, 0.05) is 32.8 Å². The maximum absolute atomic E-state index is 6.09. The Morgan fingerprint density at radius 1 is 1.07 bits per heavy atom. The number of pyridine rings is 1. The highest BCUT2D eigenvalue weighted by molar-refractivity contribution is 8.14. The van der Waals surface area contributed by atoms with Gasteiger partial charge in [0.25, 0.3) is 0 Å². The zero-order chi connectivity index (χ0) is 20.5. The molecule has 3 nitrogen and oxygen atoms in total. The fourth-order valence-electron chi connectivity index (χ4n) is 4.13. The van der Waals surface area contributed by atoms with Crippen LogP contribution < -0.4 is 0 Å². The SMILES string of the molecule is CC[C@@H]1CSC2=N[C@@H](c3ccccn3)[C@@H](c3ccccc3Sc3ccc(Cl)cc3)N21. The lowest BCUT2D eigenvalue weighted by Crippen LogP contribution is -2.35. The van der Waals surface area contributed by atoms with Gasteiger partial charge in [0.15, 0.2) is 5.17 Å². The molecule has 2 aliphatic heterocycles. The first-order valence-electron chi connectivity index (χ1n) is 10.2. The summed E-state index contributed by atoms with van der Waals surface area (Å²) in [5.41, 5.74) is 2.35. The average molecular weight is 452 g/mol. The van der Waals surface area contributed by atoms with Gasteiger partial charge in [-0.15, -0.1) is 0 Å². The first kappa shape index (κ1) is 20.0. The van der Waals surface area contributed by atoms with Crippen LogP contribution in [0.5, 0.6) is 0 Å². The van der Waals surface area contributed by atoms with E-state index < -0.39 is 0 Å². The van der Waals surface area contributed by atoms with Crippen LogP contribution in [0.3, 0.4) is 0 Å². The van der Waals surface area contributed by atoms with Crippen molar-refractivity contribution in [1.82, 2.24) is 9.88 Å². The maximum Gasteiger partial charge on any atom is 0.160 e. The average Bonchev–Trinajstić information content (AvgIpc) is 3.35. The van der Waals surface area contributed by atoms with E-state index in [0.29, 0.717) is 6.04 Å². The highest BCUT2D eigenvalue weighted by Crippen LogP contribution is 2.50. The summed E-state index contributed by atoms with van der Waals surface area (Å²) in [6, 6.07) is 23.6. The molecule has 1 saturated heterocycles. The summed E-state index contributed by atoms with van der Waals surface area (Å²) in [5.74, 6) is 1.10. The van der Waals surface area contributed by atoms with E-state index in [1.807, 2.05) is 36.2 Å². The molecule has 0 aliphatic carbocycles. The molecular weight excluding hydrogens is 430 g/mol. The summed E-state index contributed by atoms with van der Waals surface area (Å²) in [7, 11) is 0. The molecule has 30 heavy (non-hydrogen) atoms. The summed E-state index contributed by atoms with van der Waals surface area (Å²) >= 11 is 9.76. The number of benzene rings is 2. The molecule has 2 aliphatic rings. The molecule has 0 unspecified atom stereocenters. The summed E-state index contributed by atoms with van der Waals surface area (Å²) < 4.78 is 0. The first-order chi connectivity index (χ1) is 14.7. The third kappa shape index (κ3) is 3.75. The number of nitrogens with zero attached hydrogens (tertiary/aromatic N) is 3. The second-order valence-electron chi connectivity index (χ2n) is 7.43. The van der Waals surface area contributed by atoms with Crippen molar-refractivity contribution in [3.63, 3.8) is 0 Å². The van der Waals surface area contributed by atoms with Crippen LogP contribution >= 0.6 is 35.1 Å². The summed E-state index contributed by atoms with van der Waals surface area (Å²) in [5, 5.41) is 1.92. The van der Waals surface area contributed by atoms with Gasteiger partial charge in [-0.2, -0.15) is 0 Å². The van der Waals surface area contributed by atoms with Crippen molar-refractivity contribution in [3.05, 3.63) is 89.2 Å². The van der Waals surface area contributed by atoms with Crippen LogP contribution in [0.4, 0.5) is 0 Å². The molecule has 152 valence electrons. The van der Waals surface area contributed by atoms with Crippen LogP contribution in [-0.4, -0.2) is 26.8 Å². The molecule has 2 aromatic carbocycles. The topological polar surface area (TPSA) is 28.5 Å². The van der Waals surface area contributed by atoms with Crippen molar-refractivity contribution >= 4 is 40.3 Å². The Morgan fingerprint density at radius 2 is 1.87 bits per heavy atom. The number of fused-ring (bicyclic) bond motifs is 1. The summed E-state index contributed by atoms with van der Waals surface area (Å²) in [6.45, 7) is 2.27. The monoisotopic (exact) mass is 451 g/mol. The predicted molar refractivity (Wildman–Crippen MR) is 128 cm³/mol. The standard InChI is InChI=1S/C24H22ClN3S2/c1-2-17-15-29-24-27-22(20-8-5-6-14-26-20)23(28(17)24)19-7-3-4-9-21(19)30-18-12-10-16(25)11-13-18/h3-14,17,22-23H,2,15H2,1H3/t17-,22+,23-/m1/s1. The minimum Gasteiger partial charge on any atom is -0.338 e. The fraction of sp³-hybridized carbons (Fsp3) is 0.250. The van der Waals surface area contributed by atoms with E-state index in [9.17, 15) is 0 Å². The molecule has 1 fully saturated rings. The Morgan fingerprint density at radius 3 is 2.63 bits per heavy atom. The molecular formula is C24H22ClN3S2. The number of aromatic nitrogens is 1. The van der Waals surface area contributed by atoms with Gasteiger partial charge in [-0.3, -0.25) is 9.98 Å². The third-order valence-corrected chi connectivity index (χ3v) is 8.09. The molecule has 5 rings (SSSR count). The second kappa shape index (κ2) is 8.66. The van der Waals surface area contributed by atoms with E-state index in [1.54, 1.807) is 11.8 Å². The minimum atomic E-state index is 0.00928. The Hall–Kier alpha value is -1.95. The van der Waals surface area contributed by atoms with E-state index in [0.717, 1.165) is 28.1 Å². The molecule has 0 bridgehead atoms. The van der Waals surface area contributed by atoms with Crippen LogP contribution in [0, 0.1) is 0 Å². The van der Waals surface area contributed by atoms with Gasteiger partial charge in [-0.05, 0) is 54.4 Å². The molecule has 0 radical (unpaired) electrons. The molecule has 3 aromatic rings. The minimum absolute atomic E-state index is 0.00928. The number of hydrogen-bond acceptors (Lipinski definition) is 5. The Bertz CT molecular complexity index is 1060. The predicted octanol–water partition coefficient (Wildman–Crippen LogP) is 6.87. The van der Waals surface area contributed by atoms with Gasteiger partial charge in [0.2, 0.25) is 0 Å². The van der Waals surface area contributed by atoms with Gasteiger partial charge >= 0.3 is 0 Å². The van der Waals surface area contributed by atoms with Crippen LogP contribution in [0.2, 0.25) is 5.02 Å². The smallest absolute Gasteiger partial charge is 0.160 e. The Kier molecular flexibility index (Phi) is 5.77. The van der Waals surface area contributed by atoms with E-state index in [4.69, 9.17) is 16.6 Å². The van der Waals surface area contributed by atoms with Crippen molar-refractivity contribution in [1.29, 1.82) is 0 Å². The van der Waals surface area contributed by atoms with Gasteiger partial charge in [0.1, 0.15) is 6.04 Å². The van der Waals surface area contributed by atoms with Crippen LogP contribution in [-0.2, 0) is 0 Å². The van der Waals surface area contributed by atoms with Gasteiger partial charge in [-0.1, -0.05) is 66.3 Å². The molecule has 1 aromatic heterocycles. The van der Waals surface area contributed by atoms with Crippen molar-refractivity contribution in [3.8, 4) is 0 Å². The molecule has 0 saturated carbocycles. The fourth-order valence-corrected chi connectivity index (χ4v) is 6.58. The van der Waals surface area contributed by atoms with Gasteiger partial charge in [0.05, 0.1) is 11.7 Å². The van der Waals surface area contributed by atoms with Crippen LogP contribution in [0.15, 0.2) is 87.7 Å². The van der Waals surface area contributed by atoms with E-state index in [2.05, 4.69) is 65.3 Å². The summed E-state index contributed by atoms with van der Waals surface area (Å²) in [4.78, 5) is 14.8. The summed E-state index contributed by atoms with van der Waals surface area (Å²) in [6.07, 6.45) is 2.98. The number of thioether (sulfide) groups is 1. The molecule has 0 spiro atoms. The highest BCUT2D eigenvalue weighted by Gasteiger charge is 2.46. The van der Waals surface area contributed by atoms with Crippen molar-refractivity contribution in [2.24, 2.45) is 4.99 Å². The highest BCUT2D eigenvalue weighted by atomic mass is 35.5. The van der Waals surface area contributed by atoms with Crippen molar-refractivity contribution in [2.45, 2.75) is 41.3 Å². The third-order valence-electron chi connectivity index (χ3n) is 5.61. The van der Waals surface area contributed by atoms with Gasteiger partial charge < -0.3 is 4.90 Å². The molecule has 3 atom stereocenters. The van der Waals surface area contributed by atoms with E-state index >= 15 is 0 Å². The first-order valence-corrected chi connectivity index (χ1v) is 12.3. The van der Waals surface area contributed by atoms with E-state index in [1.165, 1.54) is 15.4 Å². The normalized spacial score (nSPS) is 22.8. The van der Waals surface area contributed by atoms with Crippen LogP contribution in [0.25, 0.3) is 0 Å².